The first-order valence-electron chi connectivity index (χ1n) is 8.06. The van der Waals surface area contributed by atoms with Crippen molar-refractivity contribution in [1.82, 2.24) is 9.62 Å². The summed E-state index contributed by atoms with van der Waals surface area (Å²) < 4.78 is 27.6. The first kappa shape index (κ1) is 17.9. The van der Waals surface area contributed by atoms with Crippen LogP contribution in [0.5, 0.6) is 0 Å². The Morgan fingerprint density at radius 2 is 1.70 bits per heavy atom. The van der Waals surface area contributed by atoms with Gasteiger partial charge in [-0.1, -0.05) is 24.6 Å². The predicted molar refractivity (Wildman–Crippen MR) is 90.8 cm³/mol. The van der Waals surface area contributed by atoms with Crippen LogP contribution in [0, 0.1) is 26.7 Å². The zero-order valence-corrected chi connectivity index (χ0v) is 15.2. The summed E-state index contributed by atoms with van der Waals surface area (Å²) in [6.07, 6.45) is 1.96. The number of hydrogen-bond donors (Lipinski definition) is 1. The Balaban J connectivity index is 2.06. The molecule has 0 atom stereocenters. The van der Waals surface area contributed by atoms with Crippen molar-refractivity contribution in [3.05, 3.63) is 28.8 Å². The van der Waals surface area contributed by atoms with Gasteiger partial charge >= 0.3 is 0 Å². The van der Waals surface area contributed by atoms with Crippen LogP contribution in [0.25, 0.3) is 0 Å². The zero-order valence-electron chi connectivity index (χ0n) is 14.3. The van der Waals surface area contributed by atoms with Gasteiger partial charge < -0.3 is 4.90 Å². The van der Waals surface area contributed by atoms with Gasteiger partial charge in [-0.3, -0.25) is 4.79 Å². The summed E-state index contributed by atoms with van der Waals surface area (Å²) in [7, 11) is -3.68. The number of piperidine rings is 1. The van der Waals surface area contributed by atoms with Crippen LogP contribution >= 0.6 is 0 Å². The molecule has 1 heterocycles. The molecule has 1 aliphatic heterocycles. The van der Waals surface area contributed by atoms with Crippen LogP contribution in [0.3, 0.4) is 0 Å². The van der Waals surface area contributed by atoms with E-state index in [0.717, 1.165) is 18.4 Å². The van der Waals surface area contributed by atoms with E-state index in [1.807, 2.05) is 19.1 Å². The van der Waals surface area contributed by atoms with Crippen molar-refractivity contribution in [2.75, 3.05) is 19.6 Å². The third-order valence-electron chi connectivity index (χ3n) is 4.42. The van der Waals surface area contributed by atoms with E-state index in [4.69, 9.17) is 0 Å². The van der Waals surface area contributed by atoms with Crippen molar-refractivity contribution in [1.29, 1.82) is 0 Å². The molecule has 0 aromatic heterocycles. The van der Waals surface area contributed by atoms with Crippen molar-refractivity contribution in [3.63, 3.8) is 0 Å². The fourth-order valence-electron chi connectivity index (χ4n) is 3.19. The second kappa shape index (κ2) is 7.01. The van der Waals surface area contributed by atoms with Gasteiger partial charge in [0.05, 0.1) is 11.4 Å². The number of rotatable bonds is 4. The molecule has 0 bridgehead atoms. The lowest BCUT2D eigenvalue weighted by atomic mass is 9.99. The Morgan fingerprint density at radius 1 is 1.17 bits per heavy atom. The highest BCUT2D eigenvalue weighted by Crippen LogP contribution is 2.21. The first-order chi connectivity index (χ1) is 10.7. The molecule has 2 rings (SSSR count). The number of hydrogen-bond acceptors (Lipinski definition) is 3. The standard InChI is InChI=1S/C17H26N2O3S/c1-12-5-7-19(8-6-12)16(20)11-18-23(21,22)17-14(3)9-13(2)10-15(17)4/h9-10,12,18H,5-8,11H2,1-4H3. The summed E-state index contributed by atoms with van der Waals surface area (Å²) >= 11 is 0. The molecule has 1 fully saturated rings. The average Bonchev–Trinajstić information content (AvgIpc) is 2.44. The molecular weight excluding hydrogens is 312 g/mol. The molecule has 0 saturated carbocycles. The van der Waals surface area contributed by atoms with Gasteiger partial charge in [-0.2, -0.15) is 0 Å². The summed E-state index contributed by atoms with van der Waals surface area (Å²) in [6, 6.07) is 3.69. The minimum absolute atomic E-state index is 0.150. The van der Waals surface area contributed by atoms with Crippen LogP contribution in [0.1, 0.15) is 36.5 Å². The summed E-state index contributed by atoms with van der Waals surface area (Å²) in [5.74, 6) is 0.483. The summed E-state index contributed by atoms with van der Waals surface area (Å²) in [5, 5.41) is 0. The van der Waals surface area contributed by atoms with Gasteiger partial charge in [0, 0.05) is 13.1 Å². The van der Waals surface area contributed by atoms with Gasteiger partial charge in [-0.05, 0) is 50.7 Å². The highest BCUT2D eigenvalue weighted by molar-refractivity contribution is 7.89. The van der Waals surface area contributed by atoms with Crippen molar-refractivity contribution >= 4 is 15.9 Å². The number of aryl methyl sites for hydroxylation is 3. The fourth-order valence-corrected chi connectivity index (χ4v) is 4.61. The number of nitrogens with one attached hydrogen (secondary N) is 1. The molecule has 0 unspecified atom stereocenters. The molecule has 0 aliphatic carbocycles. The molecule has 1 aromatic carbocycles. The molecule has 0 spiro atoms. The molecule has 1 N–H and O–H groups in total. The third-order valence-corrected chi connectivity index (χ3v) is 6.13. The minimum atomic E-state index is -3.68. The van der Waals surface area contributed by atoms with Crippen molar-refractivity contribution in [2.24, 2.45) is 5.92 Å². The topological polar surface area (TPSA) is 66.5 Å². The highest BCUT2D eigenvalue weighted by Gasteiger charge is 2.24. The number of sulfonamides is 1. The van der Waals surface area contributed by atoms with E-state index < -0.39 is 10.0 Å². The van der Waals surface area contributed by atoms with Crippen LogP contribution in [-0.4, -0.2) is 38.9 Å². The summed E-state index contributed by atoms with van der Waals surface area (Å²) in [5.41, 5.74) is 2.43. The van der Waals surface area contributed by atoms with E-state index in [-0.39, 0.29) is 17.3 Å². The largest absolute Gasteiger partial charge is 0.342 e. The molecule has 23 heavy (non-hydrogen) atoms. The molecule has 0 radical (unpaired) electrons. The second-order valence-electron chi connectivity index (χ2n) is 6.62. The van der Waals surface area contributed by atoms with Gasteiger partial charge in [0.2, 0.25) is 15.9 Å². The smallest absolute Gasteiger partial charge is 0.241 e. The lowest BCUT2D eigenvalue weighted by molar-refractivity contribution is -0.131. The van der Waals surface area contributed by atoms with E-state index in [1.54, 1.807) is 18.7 Å². The van der Waals surface area contributed by atoms with Crippen LogP contribution in [0.15, 0.2) is 17.0 Å². The van der Waals surface area contributed by atoms with E-state index in [0.29, 0.717) is 30.1 Å². The molecule has 1 amide bonds. The van der Waals surface area contributed by atoms with E-state index in [9.17, 15) is 13.2 Å². The SMILES string of the molecule is Cc1cc(C)c(S(=O)(=O)NCC(=O)N2CCC(C)CC2)c(C)c1. The van der Waals surface area contributed by atoms with E-state index in [2.05, 4.69) is 11.6 Å². The first-order valence-corrected chi connectivity index (χ1v) is 9.54. The number of carbonyl (C=O) groups excluding carboxylic acids is 1. The molecule has 6 heteroatoms. The van der Waals surface area contributed by atoms with E-state index in [1.165, 1.54) is 0 Å². The van der Waals surface area contributed by atoms with Crippen LogP contribution < -0.4 is 4.72 Å². The lowest BCUT2D eigenvalue weighted by Crippen LogP contribution is -2.43. The molecule has 128 valence electrons. The van der Waals surface area contributed by atoms with Crippen molar-refractivity contribution < 1.29 is 13.2 Å². The molecular formula is C17H26N2O3S. The maximum atomic E-state index is 12.5. The maximum Gasteiger partial charge on any atom is 0.241 e. The second-order valence-corrected chi connectivity index (χ2v) is 8.32. The Kier molecular flexibility index (Phi) is 5.47. The zero-order chi connectivity index (χ0) is 17.2. The molecule has 5 nitrogen and oxygen atoms in total. The van der Waals surface area contributed by atoms with Crippen LogP contribution in [0.2, 0.25) is 0 Å². The summed E-state index contributed by atoms with van der Waals surface area (Å²) in [4.78, 5) is 14.2. The van der Waals surface area contributed by atoms with Gasteiger partial charge in [-0.25, -0.2) is 13.1 Å². The number of benzene rings is 1. The fraction of sp³-hybridized carbons (Fsp3) is 0.588. The Bertz CT molecular complexity index is 667. The number of amides is 1. The molecule has 1 aromatic rings. The number of nitrogens with zero attached hydrogens (tertiary/aromatic N) is 1. The summed E-state index contributed by atoms with van der Waals surface area (Å²) in [6.45, 7) is 8.92. The Hall–Kier alpha value is -1.40. The molecule has 1 aliphatic rings. The normalized spacial score (nSPS) is 16.6. The van der Waals surface area contributed by atoms with Crippen LogP contribution in [-0.2, 0) is 14.8 Å². The maximum absolute atomic E-state index is 12.5. The van der Waals surface area contributed by atoms with Gasteiger partial charge in [0.25, 0.3) is 0 Å². The Morgan fingerprint density at radius 3 is 2.22 bits per heavy atom. The third kappa shape index (κ3) is 4.32. The Labute approximate surface area is 139 Å². The van der Waals surface area contributed by atoms with Gasteiger partial charge in [-0.15, -0.1) is 0 Å². The van der Waals surface area contributed by atoms with Gasteiger partial charge in [0.1, 0.15) is 0 Å². The molecule has 1 saturated heterocycles. The van der Waals surface area contributed by atoms with Crippen LogP contribution in [0.4, 0.5) is 0 Å². The van der Waals surface area contributed by atoms with Crippen molar-refractivity contribution in [2.45, 2.75) is 45.4 Å². The quantitative estimate of drug-likeness (QED) is 0.915. The minimum Gasteiger partial charge on any atom is -0.342 e. The number of carbonyl (C=O) groups is 1. The number of likely N-dealkylation sites (tertiary alicyclic amines) is 1. The monoisotopic (exact) mass is 338 g/mol. The highest BCUT2D eigenvalue weighted by atomic mass is 32.2. The van der Waals surface area contributed by atoms with E-state index >= 15 is 0 Å². The average molecular weight is 338 g/mol. The van der Waals surface area contributed by atoms with Gasteiger partial charge in [0.15, 0.2) is 0 Å². The predicted octanol–water partition coefficient (Wildman–Crippen LogP) is 2.15. The van der Waals surface area contributed by atoms with Crippen molar-refractivity contribution in [3.8, 4) is 0 Å². The lowest BCUT2D eigenvalue weighted by Gasteiger charge is -2.30.